The SMILES string of the molecule is C=C(CC)C/C(=C/C)c1c(C)cc(CC/C(=C/C=C(\C)C(C)(C)CC)C(=C)C)cc1S. The molecule has 0 aliphatic rings. The summed E-state index contributed by atoms with van der Waals surface area (Å²) in [5.41, 5.74) is 10.6. The fourth-order valence-corrected chi connectivity index (χ4v) is 4.07. The Morgan fingerprint density at radius 1 is 1.10 bits per heavy atom. The first-order valence-electron chi connectivity index (χ1n) is 11.6. The summed E-state index contributed by atoms with van der Waals surface area (Å²) in [5.74, 6) is 0. The second kappa shape index (κ2) is 12.3. The maximum Gasteiger partial charge on any atom is 0.0121 e. The van der Waals surface area contributed by atoms with Gasteiger partial charge in [0.1, 0.15) is 0 Å². The van der Waals surface area contributed by atoms with E-state index in [0.717, 1.165) is 42.6 Å². The van der Waals surface area contributed by atoms with Gasteiger partial charge in [0.25, 0.3) is 0 Å². The fraction of sp³-hybridized carbons (Fsp3) is 0.467. The van der Waals surface area contributed by atoms with Crippen LogP contribution in [-0.2, 0) is 6.42 Å². The van der Waals surface area contributed by atoms with Crippen molar-refractivity contribution in [3.63, 3.8) is 0 Å². The molecule has 0 amide bonds. The predicted molar refractivity (Wildman–Crippen MR) is 145 cm³/mol. The third-order valence-corrected chi connectivity index (χ3v) is 7.05. The van der Waals surface area contributed by atoms with Crippen molar-refractivity contribution in [3.8, 4) is 0 Å². The second-order valence-electron chi connectivity index (χ2n) is 9.46. The zero-order valence-electron chi connectivity index (χ0n) is 21.3. The van der Waals surface area contributed by atoms with E-state index in [2.05, 4.69) is 98.9 Å². The number of hydrogen-bond donors (Lipinski definition) is 1. The maximum absolute atomic E-state index is 4.87. The average molecular weight is 437 g/mol. The van der Waals surface area contributed by atoms with Gasteiger partial charge >= 0.3 is 0 Å². The van der Waals surface area contributed by atoms with Crippen molar-refractivity contribution < 1.29 is 0 Å². The quantitative estimate of drug-likeness (QED) is 0.199. The molecule has 0 aliphatic heterocycles. The summed E-state index contributed by atoms with van der Waals surface area (Å²) in [6.45, 7) is 26.1. The first kappa shape index (κ1) is 27.3. The van der Waals surface area contributed by atoms with Gasteiger partial charge in [0.15, 0.2) is 0 Å². The zero-order chi connectivity index (χ0) is 23.8. The molecule has 1 aromatic carbocycles. The molecule has 0 unspecified atom stereocenters. The third-order valence-electron chi connectivity index (χ3n) is 6.70. The topological polar surface area (TPSA) is 0 Å². The normalized spacial score (nSPS) is 13.5. The molecule has 31 heavy (non-hydrogen) atoms. The molecule has 1 heteroatoms. The molecule has 0 aliphatic carbocycles. The van der Waals surface area contributed by atoms with E-state index < -0.39 is 0 Å². The highest BCUT2D eigenvalue weighted by Gasteiger charge is 2.16. The molecule has 0 spiro atoms. The van der Waals surface area contributed by atoms with Gasteiger partial charge in [-0.3, -0.25) is 0 Å². The molecule has 1 aromatic rings. The molecule has 0 saturated carbocycles. The van der Waals surface area contributed by atoms with Crippen LogP contribution in [0.25, 0.3) is 5.57 Å². The van der Waals surface area contributed by atoms with E-state index in [1.165, 1.54) is 39.0 Å². The predicted octanol–water partition coefficient (Wildman–Crippen LogP) is 9.86. The van der Waals surface area contributed by atoms with Crippen LogP contribution in [0.4, 0.5) is 0 Å². The Labute approximate surface area is 198 Å². The molecule has 0 bridgehead atoms. The van der Waals surface area contributed by atoms with Crippen molar-refractivity contribution in [2.45, 2.75) is 92.4 Å². The number of rotatable bonds is 11. The number of allylic oxidation sites excluding steroid dienone is 8. The molecule has 0 atom stereocenters. The first-order chi connectivity index (χ1) is 14.5. The van der Waals surface area contributed by atoms with Crippen LogP contribution in [0.2, 0.25) is 0 Å². The molecule has 0 aromatic heterocycles. The number of hydrogen-bond acceptors (Lipinski definition) is 1. The van der Waals surface area contributed by atoms with Crippen molar-refractivity contribution in [1.29, 1.82) is 0 Å². The molecular weight excluding hydrogens is 392 g/mol. The van der Waals surface area contributed by atoms with Crippen molar-refractivity contribution in [2.24, 2.45) is 5.41 Å². The maximum atomic E-state index is 4.87. The lowest BCUT2D eigenvalue weighted by Crippen LogP contribution is -2.10. The third kappa shape index (κ3) is 8.04. The molecule has 0 N–H and O–H groups in total. The monoisotopic (exact) mass is 436 g/mol. The van der Waals surface area contributed by atoms with E-state index in [1.54, 1.807) is 0 Å². The summed E-state index contributed by atoms with van der Waals surface area (Å²) in [6, 6.07) is 4.56. The summed E-state index contributed by atoms with van der Waals surface area (Å²) >= 11 is 4.87. The van der Waals surface area contributed by atoms with E-state index >= 15 is 0 Å². The molecule has 170 valence electrons. The largest absolute Gasteiger partial charge is 0.143 e. The summed E-state index contributed by atoms with van der Waals surface area (Å²) in [4.78, 5) is 1.06. The minimum atomic E-state index is 0.234. The van der Waals surface area contributed by atoms with Gasteiger partial charge in [0, 0.05) is 4.90 Å². The van der Waals surface area contributed by atoms with Crippen molar-refractivity contribution >= 4 is 18.2 Å². The Morgan fingerprint density at radius 2 is 1.74 bits per heavy atom. The van der Waals surface area contributed by atoms with Gasteiger partial charge in [0.2, 0.25) is 0 Å². The van der Waals surface area contributed by atoms with Gasteiger partial charge in [-0.05, 0) is 99.1 Å². The van der Waals surface area contributed by atoms with Crippen LogP contribution in [-0.4, -0.2) is 0 Å². The Balaban J connectivity index is 3.10. The van der Waals surface area contributed by atoms with Crippen LogP contribution < -0.4 is 0 Å². The van der Waals surface area contributed by atoms with Gasteiger partial charge in [0.05, 0.1) is 0 Å². The van der Waals surface area contributed by atoms with Gasteiger partial charge in [-0.1, -0.05) is 81.9 Å². The van der Waals surface area contributed by atoms with Crippen molar-refractivity contribution in [1.82, 2.24) is 0 Å². The van der Waals surface area contributed by atoms with Crippen LogP contribution in [0.15, 0.2) is 70.7 Å². The molecular formula is C30H44S. The van der Waals surface area contributed by atoms with Gasteiger partial charge in [-0.15, -0.1) is 12.6 Å². The molecule has 0 heterocycles. The fourth-order valence-electron chi connectivity index (χ4n) is 3.58. The zero-order valence-corrected chi connectivity index (χ0v) is 22.2. The van der Waals surface area contributed by atoms with Crippen LogP contribution in [0.1, 0.15) is 90.8 Å². The van der Waals surface area contributed by atoms with Gasteiger partial charge in [-0.2, -0.15) is 0 Å². The van der Waals surface area contributed by atoms with E-state index in [4.69, 9.17) is 12.6 Å². The highest BCUT2D eigenvalue weighted by Crippen LogP contribution is 2.33. The summed E-state index contributed by atoms with van der Waals surface area (Å²) in [6.07, 6.45) is 11.8. The minimum Gasteiger partial charge on any atom is -0.143 e. The first-order valence-corrected chi connectivity index (χ1v) is 12.1. The highest BCUT2D eigenvalue weighted by molar-refractivity contribution is 7.80. The summed E-state index contributed by atoms with van der Waals surface area (Å²) in [5, 5.41) is 0. The standard InChI is InChI=1S/C30H44S/c1-11-22(6)18-26(12-2)29-23(7)19-25(20-28(29)31)15-17-27(21(4)5)16-14-24(8)30(9,10)13-3/h12,14,16,19-20,31H,4,6,11,13,15,17-18H2,1-3,5,7-10H3/b24-14+,26-12-,27-16-. The van der Waals surface area contributed by atoms with Crippen LogP contribution >= 0.6 is 12.6 Å². The Kier molecular flexibility index (Phi) is 10.9. The second-order valence-corrected chi connectivity index (χ2v) is 9.94. The molecule has 1 rings (SSSR count). The Hall–Kier alpha value is -1.73. The van der Waals surface area contributed by atoms with Crippen molar-refractivity contribution in [2.75, 3.05) is 0 Å². The van der Waals surface area contributed by atoms with Gasteiger partial charge in [-0.25, -0.2) is 0 Å². The van der Waals surface area contributed by atoms with Crippen LogP contribution in [0.3, 0.4) is 0 Å². The summed E-state index contributed by atoms with van der Waals surface area (Å²) in [7, 11) is 0. The Bertz CT molecular complexity index is 864. The number of benzene rings is 1. The molecule has 0 saturated heterocycles. The summed E-state index contributed by atoms with van der Waals surface area (Å²) < 4.78 is 0. The molecule has 0 radical (unpaired) electrons. The van der Waals surface area contributed by atoms with E-state index in [1.807, 2.05) is 0 Å². The van der Waals surface area contributed by atoms with Gasteiger partial charge < -0.3 is 0 Å². The van der Waals surface area contributed by atoms with E-state index in [-0.39, 0.29) is 5.41 Å². The van der Waals surface area contributed by atoms with Crippen LogP contribution in [0.5, 0.6) is 0 Å². The smallest absolute Gasteiger partial charge is 0.0121 e. The van der Waals surface area contributed by atoms with E-state index in [9.17, 15) is 0 Å². The molecule has 0 fully saturated rings. The van der Waals surface area contributed by atoms with Crippen LogP contribution in [0, 0.1) is 12.3 Å². The highest BCUT2D eigenvalue weighted by atomic mass is 32.1. The average Bonchev–Trinajstić information content (AvgIpc) is 2.71. The van der Waals surface area contributed by atoms with Crippen molar-refractivity contribution in [3.05, 3.63) is 82.5 Å². The lowest BCUT2D eigenvalue weighted by Gasteiger charge is -2.23. The lowest BCUT2D eigenvalue weighted by atomic mass is 9.82. The minimum absolute atomic E-state index is 0.234. The number of aryl methyl sites for hydroxylation is 2. The molecule has 0 nitrogen and oxygen atoms in total. The lowest BCUT2D eigenvalue weighted by molar-refractivity contribution is 0.429. The Morgan fingerprint density at radius 3 is 2.23 bits per heavy atom. The van der Waals surface area contributed by atoms with E-state index in [0.29, 0.717) is 0 Å². The number of thiol groups is 1.